The topological polar surface area (TPSA) is 37.4 Å². The Balaban J connectivity index is 1.79. The molecule has 0 amide bonds. The van der Waals surface area contributed by atoms with Crippen LogP contribution in [0, 0.1) is 11.8 Å². The van der Waals surface area contributed by atoms with Crippen molar-refractivity contribution in [2.75, 3.05) is 13.1 Å². The van der Waals surface area contributed by atoms with E-state index in [1.54, 1.807) is 28.6 Å². The highest BCUT2D eigenvalue weighted by Gasteiger charge is 2.36. The van der Waals surface area contributed by atoms with E-state index in [4.69, 9.17) is 0 Å². The molecule has 1 aromatic carbocycles. The van der Waals surface area contributed by atoms with Gasteiger partial charge in [-0.2, -0.15) is 4.31 Å². The number of piperidine rings is 1. The first-order chi connectivity index (χ1) is 9.18. The predicted octanol–water partition coefficient (Wildman–Crippen LogP) is 2.89. The maximum Gasteiger partial charge on any atom is 0.243 e. The Bertz CT molecular complexity index is 526. The van der Waals surface area contributed by atoms with Crippen LogP contribution in [0.25, 0.3) is 0 Å². The number of benzene rings is 1. The number of hydrogen-bond donors (Lipinski definition) is 0. The molecule has 19 heavy (non-hydrogen) atoms. The minimum atomic E-state index is -3.28. The molecule has 2 fully saturated rings. The van der Waals surface area contributed by atoms with E-state index in [0.29, 0.717) is 17.4 Å². The average molecular weight is 279 g/mol. The van der Waals surface area contributed by atoms with Crippen molar-refractivity contribution in [3.8, 4) is 0 Å². The van der Waals surface area contributed by atoms with Crippen LogP contribution >= 0.6 is 0 Å². The molecule has 1 saturated carbocycles. The van der Waals surface area contributed by atoms with Crippen LogP contribution in [0.1, 0.15) is 32.1 Å². The third-order valence-corrected chi connectivity index (χ3v) is 6.51. The van der Waals surface area contributed by atoms with Gasteiger partial charge >= 0.3 is 0 Å². The minimum absolute atomic E-state index is 0.434. The van der Waals surface area contributed by atoms with Gasteiger partial charge in [-0.3, -0.25) is 0 Å². The fourth-order valence-corrected chi connectivity index (χ4v) is 5.06. The van der Waals surface area contributed by atoms with E-state index in [9.17, 15) is 8.42 Å². The van der Waals surface area contributed by atoms with Gasteiger partial charge in [-0.25, -0.2) is 8.42 Å². The molecule has 1 aliphatic heterocycles. The normalized spacial score (nSPS) is 28.8. The van der Waals surface area contributed by atoms with Crippen molar-refractivity contribution in [1.29, 1.82) is 0 Å². The van der Waals surface area contributed by atoms with E-state index in [-0.39, 0.29) is 0 Å². The van der Waals surface area contributed by atoms with E-state index in [1.807, 2.05) is 6.07 Å². The Morgan fingerprint density at radius 2 is 1.63 bits per heavy atom. The Morgan fingerprint density at radius 3 is 2.37 bits per heavy atom. The number of fused-ring (bicyclic) bond motifs is 1. The zero-order valence-electron chi connectivity index (χ0n) is 11.2. The lowest BCUT2D eigenvalue weighted by molar-refractivity contribution is 0.136. The van der Waals surface area contributed by atoms with Gasteiger partial charge in [0.15, 0.2) is 0 Å². The molecule has 4 heteroatoms. The molecule has 1 saturated heterocycles. The number of nitrogens with zero attached hydrogens (tertiary/aromatic N) is 1. The van der Waals surface area contributed by atoms with Gasteiger partial charge in [-0.1, -0.05) is 37.5 Å². The van der Waals surface area contributed by atoms with E-state index in [1.165, 1.54) is 25.7 Å². The Labute approximate surface area is 115 Å². The van der Waals surface area contributed by atoms with Crippen LogP contribution in [0.2, 0.25) is 0 Å². The SMILES string of the molecule is O=S(=O)(c1ccccc1)N1CC[C@H]2CCCC[C@@H]2C1. The lowest BCUT2D eigenvalue weighted by Gasteiger charge is -2.40. The summed E-state index contributed by atoms with van der Waals surface area (Å²) < 4.78 is 26.9. The minimum Gasteiger partial charge on any atom is -0.207 e. The molecule has 0 spiro atoms. The van der Waals surface area contributed by atoms with Gasteiger partial charge < -0.3 is 0 Å². The van der Waals surface area contributed by atoms with E-state index < -0.39 is 10.0 Å². The molecule has 1 aromatic rings. The Kier molecular flexibility index (Phi) is 3.63. The van der Waals surface area contributed by atoms with Crippen molar-refractivity contribution in [3.63, 3.8) is 0 Å². The molecule has 104 valence electrons. The second-order valence-corrected chi connectivity index (χ2v) is 7.71. The summed E-state index contributed by atoms with van der Waals surface area (Å²) >= 11 is 0. The Hall–Kier alpha value is -0.870. The largest absolute Gasteiger partial charge is 0.243 e. The number of rotatable bonds is 2. The molecule has 3 rings (SSSR count). The van der Waals surface area contributed by atoms with Crippen LogP contribution in [0.4, 0.5) is 0 Å². The maximum atomic E-state index is 12.6. The number of sulfonamides is 1. The van der Waals surface area contributed by atoms with Crippen molar-refractivity contribution in [2.24, 2.45) is 11.8 Å². The fourth-order valence-electron chi connectivity index (χ4n) is 3.53. The summed E-state index contributed by atoms with van der Waals surface area (Å²) in [7, 11) is -3.28. The monoisotopic (exact) mass is 279 g/mol. The lowest BCUT2D eigenvalue weighted by atomic mass is 9.76. The van der Waals surface area contributed by atoms with Gasteiger partial charge in [-0.05, 0) is 36.8 Å². The smallest absolute Gasteiger partial charge is 0.207 e. The molecule has 3 nitrogen and oxygen atoms in total. The van der Waals surface area contributed by atoms with Crippen molar-refractivity contribution in [1.82, 2.24) is 4.31 Å². The van der Waals surface area contributed by atoms with Gasteiger partial charge in [0.25, 0.3) is 0 Å². The molecule has 2 aliphatic rings. The third kappa shape index (κ3) is 2.56. The first-order valence-electron chi connectivity index (χ1n) is 7.23. The first-order valence-corrected chi connectivity index (χ1v) is 8.67. The highest BCUT2D eigenvalue weighted by Crippen LogP contribution is 2.37. The predicted molar refractivity (Wildman–Crippen MR) is 75.3 cm³/mol. The van der Waals surface area contributed by atoms with Gasteiger partial charge in [-0.15, -0.1) is 0 Å². The van der Waals surface area contributed by atoms with E-state index in [0.717, 1.165) is 18.9 Å². The molecular weight excluding hydrogens is 258 g/mol. The van der Waals surface area contributed by atoms with Gasteiger partial charge in [0, 0.05) is 13.1 Å². The van der Waals surface area contributed by atoms with Crippen molar-refractivity contribution >= 4 is 10.0 Å². The van der Waals surface area contributed by atoms with Crippen LogP contribution in [0.5, 0.6) is 0 Å². The summed E-state index contributed by atoms with van der Waals surface area (Å²) in [5.74, 6) is 1.34. The van der Waals surface area contributed by atoms with Crippen molar-refractivity contribution in [3.05, 3.63) is 30.3 Å². The molecule has 0 aromatic heterocycles. The van der Waals surface area contributed by atoms with Crippen molar-refractivity contribution in [2.45, 2.75) is 37.0 Å². The molecule has 1 heterocycles. The van der Waals surface area contributed by atoms with E-state index in [2.05, 4.69) is 0 Å². The standard InChI is InChI=1S/C15H21NO2S/c17-19(18,15-8-2-1-3-9-15)16-11-10-13-6-4-5-7-14(13)12-16/h1-3,8-9,13-14H,4-7,10-12H2/t13-,14-/m1/s1. The molecule has 0 unspecified atom stereocenters. The lowest BCUT2D eigenvalue weighted by Crippen LogP contribution is -2.44. The summed E-state index contributed by atoms with van der Waals surface area (Å²) in [5, 5.41) is 0. The van der Waals surface area contributed by atoms with Gasteiger partial charge in [0.1, 0.15) is 0 Å². The summed E-state index contributed by atoms with van der Waals surface area (Å²) in [5.41, 5.74) is 0. The molecule has 0 N–H and O–H groups in total. The van der Waals surface area contributed by atoms with Gasteiger partial charge in [0.05, 0.1) is 4.90 Å². The zero-order chi connectivity index (χ0) is 13.3. The summed E-state index contributed by atoms with van der Waals surface area (Å²) in [4.78, 5) is 0.434. The Morgan fingerprint density at radius 1 is 0.947 bits per heavy atom. The first kappa shape index (κ1) is 13.1. The third-order valence-electron chi connectivity index (χ3n) is 4.63. The highest BCUT2D eigenvalue weighted by atomic mass is 32.2. The molecule has 1 aliphatic carbocycles. The average Bonchev–Trinajstić information content (AvgIpc) is 2.47. The van der Waals surface area contributed by atoms with Crippen LogP contribution in [0.3, 0.4) is 0 Å². The number of hydrogen-bond acceptors (Lipinski definition) is 2. The quantitative estimate of drug-likeness (QED) is 0.835. The summed E-state index contributed by atoms with van der Waals surface area (Å²) in [6.45, 7) is 1.42. The van der Waals surface area contributed by atoms with Crippen LogP contribution < -0.4 is 0 Å². The molecule has 0 radical (unpaired) electrons. The highest BCUT2D eigenvalue weighted by molar-refractivity contribution is 7.89. The molecular formula is C15H21NO2S. The summed E-state index contributed by atoms with van der Waals surface area (Å²) in [6.07, 6.45) is 6.12. The second-order valence-electron chi connectivity index (χ2n) is 5.77. The van der Waals surface area contributed by atoms with Crippen LogP contribution in [-0.4, -0.2) is 25.8 Å². The van der Waals surface area contributed by atoms with Crippen LogP contribution in [0.15, 0.2) is 35.2 Å². The second kappa shape index (κ2) is 5.25. The van der Waals surface area contributed by atoms with Crippen molar-refractivity contribution < 1.29 is 8.42 Å². The van der Waals surface area contributed by atoms with Crippen LogP contribution in [-0.2, 0) is 10.0 Å². The molecule has 0 bridgehead atoms. The van der Waals surface area contributed by atoms with E-state index >= 15 is 0 Å². The van der Waals surface area contributed by atoms with Gasteiger partial charge in [0.2, 0.25) is 10.0 Å². The maximum absolute atomic E-state index is 12.6. The zero-order valence-corrected chi connectivity index (χ0v) is 12.0. The summed E-state index contributed by atoms with van der Waals surface area (Å²) in [6, 6.07) is 8.83. The fraction of sp³-hybridized carbons (Fsp3) is 0.600. The molecule has 2 atom stereocenters.